The van der Waals surface area contributed by atoms with Gasteiger partial charge in [-0.05, 0) is 13.0 Å². The van der Waals surface area contributed by atoms with Gasteiger partial charge in [-0.3, -0.25) is 4.79 Å². The number of carbonyl (C=O) groups excluding carboxylic acids is 1. The van der Waals surface area contributed by atoms with E-state index in [9.17, 15) is 4.79 Å². The number of rotatable bonds is 3. The average molecular weight is 239 g/mol. The maximum Gasteiger partial charge on any atom is 0.257 e. The lowest BCUT2D eigenvalue weighted by Gasteiger charge is -2.36. The van der Waals surface area contributed by atoms with Crippen molar-refractivity contribution in [2.24, 2.45) is 0 Å². The van der Waals surface area contributed by atoms with E-state index in [0.717, 1.165) is 0 Å². The van der Waals surface area contributed by atoms with Crippen LogP contribution in [0, 0.1) is 0 Å². The Morgan fingerprint density at radius 2 is 2.41 bits per heavy atom. The first-order valence-corrected chi connectivity index (χ1v) is 5.66. The Balaban J connectivity index is 2.02. The first-order chi connectivity index (χ1) is 8.20. The maximum absolute atomic E-state index is 12.1. The molecule has 5 nitrogen and oxygen atoms in total. The third kappa shape index (κ3) is 2.87. The van der Waals surface area contributed by atoms with Gasteiger partial charge in [0.25, 0.3) is 5.91 Å². The molecule has 1 amide bonds. The minimum atomic E-state index is -0.0559. The van der Waals surface area contributed by atoms with Gasteiger partial charge < -0.3 is 18.8 Å². The fraction of sp³-hybridized carbons (Fsp3) is 0.583. The number of carbonyl (C=O) groups is 1. The summed E-state index contributed by atoms with van der Waals surface area (Å²) in [5, 5.41) is 0. The largest absolute Gasteiger partial charge is 0.472 e. The fourth-order valence-electron chi connectivity index (χ4n) is 2.06. The Hall–Kier alpha value is -1.33. The van der Waals surface area contributed by atoms with Crippen LogP contribution in [0.15, 0.2) is 23.0 Å². The van der Waals surface area contributed by atoms with Gasteiger partial charge >= 0.3 is 0 Å². The van der Waals surface area contributed by atoms with Gasteiger partial charge in [0.2, 0.25) is 0 Å². The lowest BCUT2D eigenvalue weighted by molar-refractivity contribution is -0.0918. The van der Waals surface area contributed by atoms with Crippen molar-refractivity contribution in [2.75, 3.05) is 26.8 Å². The zero-order valence-corrected chi connectivity index (χ0v) is 10.1. The first kappa shape index (κ1) is 12.1. The lowest BCUT2D eigenvalue weighted by atomic mass is 10.2. The SMILES string of the molecule is COC[C@@H]1CN(C(=O)c2ccoc2)C[C@@H](C)O1. The van der Waals surface area contributed by atoms with Gasteiger partial charge in [-0.1, -0.05) is 0 Å². The van der Waals surface area contributed by atoms with Crippen LogP contribution in [0.25, 0.3) is 0 Å². The van der Waals surface area contributed by atoms with Crippen molar-refractivity contribution in [3.63, 3.8) is 0 Å². The van der Waals surface area contributed by atoms with Crippen LogP contribution >= 0.6 is 0 Å². The van der Waals surface area contributed by atoms with Crippen molar-refractivity contribution in [3.8, 4) is 0 Å². The number of hydrogen-bond acceptors (Lipinski definition) is 4. The monoisotopic (exact) mass is 239 g/mol. The summed E-state index contributed by atoms with van der Waals surface area (Å²) in [7, 11) is 1.63. The molecule has 0 N–H and O–H groups in total. The van der Waals surface area contributed by atoms with E-state index in [0.29, 0.717) is 25.3 Å². The van der Waals surface area contributed by atoms with E-state index < -0.39 is 0 Å². The Morgan fingerprint density at radius 3 is 3.06 bits per heavy atom. The van der Waals surface area contributed by atoms with E-state index in [-0.39, 0.29) is 18.1 Å². The standard InChI is InChI=1S/C12H17NO4/c1-9-5-13(6-11(17-9)8-15-2)12(14)10-3-4-16-7-10/h3-4,7,9,11H,5-6,8H2,1-2H3/t9-,11+/m1/s1. The van der Waals surface area contributed by atoms with Crippen LogP contribution in [0.5, 0.6) is 0 Å². The number of morpholine rings is 1. The molecule has 0 aliphatic carbocycles. The average Bonchev–Trinajstić information content (AvgIpc) is 2.81. The van der Waals surface area contributed by atoms with Gasteiger partial charge in [-0.25, -0.2) is 0 Å². The lowest BCUT2D eigenvalue weighted by Crippen LogP contribution is -2.50. The molecule has 2 atom stereocenters. The minimum absolute atomic E-state index is 0.0185. The Morgan fingerprint density at radius 1 is 1.59 bits per heavy atom. The van der Waals surface area contributed by atoms with Crippen LogP contribution < -0.4 is 0 Å². The highest BCUT2D eigenvalue weighted by Gasteiger charge is 2.29. The van der Waals surface area contributed by atoms with Gasteiger partial charge in [-0.15, -0.1) is 0 Å². The summed E-state index contributed by atoms with van der Waals surface area (Å²) in [4.78, 5) is 13.9. The second-order valence-electron chi connectivity index (χ2n) is 4.25. The summed E-state index contributed by atoms with van der Waals surface area (Å²) in [6.45, 7) is 3.61. The predicted octanol–water partition coefficient (Wildman–Crippen LogP) is 1.16. The van der Waals surface area contributed by atoms with E-state index in [4.69, 9.17) is 13.9 Å². The van der Waals surface area contributed by atoms with Crippen LogP contribution in [0.1, 0.15) is 17.3 Å². The molecular weight excluding hydrogens is 222 g/mol. The molecule has 0 spiro atoms. The van der Waals surface area contributed by atoms with E-state index in [1.807, 2.05) is 6.92 Å². The van der Waals surface area contributed by atoms with Crippen molar-refractivity contribution < 1.29 is 18.7 Å². The molecule has 2 rings (SSSR count). The molecule has 1 aliphatic heterocycles. The van der Waals surface area contributed by atoms with Crippen LogP contribution in [0.2, 0.25) is 0 Å². The zero-order valence-electron chi connectivity index (χ0n) is 10.1. The molecule has 0 unspecified atom stereocenters. The number of amides is 1. The van der Waals surface area contributed by atoms with E-state index in [1.165, 1.54) is 12.5 Å². The van der Waals surface area contributed by atoms with Gasteiger partial charge in [-0.2, -0.15) is 0 Å². The van der Waals surface area contributed by atoms with Crippen LogP contribution in [0.3, 0.4) is 0 Å². The third-order valence-electron chi connectivity index (χ3n) is 2.73. The number of ether oxygens (including phenoxy) is 2. The number of hydrogen-bond donors (Lipinski definition) is 0. The molecule has 0 bridgehead atoms. The molecule has 1 aromatic rings. The number of nitrogens with zero attached hydrogens (tertiary/aromatic N) is 1. The van der Waals surface area contributed by atoms with Gasteiger partial charge in [0.15, 0.2) is 0 Å². The number of methoxy groups -OCH3 is 1. The minimum Gasteiger partial charge on any atom is -0.472 e. The summed E-state index contributed by atoms with van der Waals surface area (Å²) in [5.41, 5.74) is 0.579. The van der Waals surface area contributed by atoms with Crippen molar-refractivity contribution in [1.29, 1.82) is 0 Å². The number of furan rings is 1. The quantitative estimate of drug-likeness (QED) is 0.794. The van der Waals surface area contributed by atoms with Gasteiger partial charge in [0, 0.05) is 20.2 Å². The predicted molar refractivity (Wildman–Crippen MR) is 60.8 cm³/mol. The van der Waals surface area contributed by atoms with Crippen LogP contribution in [-0.2, 0) is 9.47 Å². The van der Waals surface area contributed by atoms with E-state index in [1.54, 1.807) is 18.1 Å². The molecule has 1 saturated heterocycles. The highest BCUT2D eigenvalue weighted by molar-refractivity contribution is 5.93. The molecule has 17 heavy (non-hydrogen) atoms. The summed E-state index contributed by atoms with van der Waals surface area (Å²) in [6.07, 6.45) is 2.94. The van der Waals surface area contributed by atoms with Crippen molar-refractivity contribution in [3.05, 3.63) is 24.2 Å². The summed E-state index contributed by atoms with van der Waals surface area (Å²) in [6, 6.07) is 1.67. The molecule has 2 heterocycles. The zero-order chi connectivity index (χ0) is 12.3. The molecule has 1 fully saturated rings. The smallest absolute Gasteiger partial charge is 0.257 e. The Kier molecular flexibility index (Phi) is 3.81. The van der Waals surface area contributed by atoms with Crippen molar-refractivity contribution in [2.45, 2.75) is 19.1 Å². The summed E-state index contributed by atoms with van der Waals surface area (Å²) in [5.74, 6) is -0.0185. The first-order valence-electron chi connectivity index (χ1n) is 5.66. The van der Waals surface area contributed by atoms with E-state index in [2.05, 4.69) is 0 Å². The second kappa shape index (κ2) is 5.33. The molecule has 1 aromatic heterocycles. The molecule has 1 aliphatic rings. The highest BCUT2D eigenvalue weighted by Crippen LogP contribution is 2.15. The van der Waals surface area contributed by atoms with Gasteiger partial charge in [0.05, 0.1) is 30.6 Å². The fourth-order valence-corrected chi connectivity index (χ4v) is 2.06. The summed E-state index contributed by atoms with van der Waals surface area (Å²) < 4.78 is 15.7. The maximum atomic E-state index is 12.1. The summed E-state index contributed by atoms with van der Waals surface area (Å²) >= 11 is 0. The van der Waals surface area contributed by atoms with Crippen LogP contribution in [0.4, 0.5) is 0 Å². The molecular formula is C12H17NO4. The topological polar surface area (TPSA) is 51.9 Å². The highest BCUT2D eigenvalue weighted by atomic mass is 16.5. The normalized spacial score (nSPS) is 24.9. The van der Waals surface area contributed by atoms with Crippen molar-refractivity contribution >= 4 is 5.91 Å². The van der Waals surface area contributed by atoms with E-state index >= 15 is 0 Å². The molecule has 0 radical (unpaired) electrons. The molecule has 94 valence electrons. The second-order valence-corrected chi connectivity index (χ2v) is 4.25. The molecule has 0 aromatic carbocycles. The third-order valence-corrected chi connectivity index (χ3v) is 2.73. The van der Waals surface area contributed by atoms with Gasteiger partial charge in [0.1, 0.15) is 6.26 Å². The Labute approximate surface area is 100 Å². The van der Waals surface area contributed by atoms with Crippen molar-refractivity contribution in [1.82, 2.24) is 4.90 Å². The van der Waals surface area contributed by atoms with Crippen LogP contribution in [-0.4, -0.2) is 49.8 Å². The Bertz CT molecular complexity index is 363. The molecule has 0 saturated carbocycles. The molecule has 5 heteroatoms.